The van der Waals surface area contributed by atoms with E-state index in [0.717, 1.165) is 60.4 Å². The number of aryl methyl sites for hydroxylation is 2. The number of fused-ring (bicyclic) bond motifs is 1. The van der Waals surface area contributed by atoms with Gasteiger partial charge in [-0.15, -0.1) is 0 Å². The fraction of sp³-hybridized carbons (Fsp3) is 0.367. The van der Waals surface area contributed by atoms with Crippen molar-refractivity contribution < 1.29 is 4.74 Å². The Balaban J connectivity index is 1.21. The second-order valence-corrected chi connectivity index (χ2v) is 10.2. The Morgan fingerprint density at radius 3 is 2.70 bits per heavy atom. The first-order chi connectivity index (χ1) is 18.2. The molecule has 2 aliphatic rings. The van der Waals surface area contributed by atoms with Crippen molar-refractivity contribution in [1.29, 1.82) is 0 Å². The highest BCUT2D eigenvalue weighted by molar-refractivity contribution is 5.69. The van der Waals surface area contributed by atoms with Crippen LogP contribution in [-0.4, -0.2) is 48.9 Å². The molecular formula is C30H34N6O. The largest absolute Gasteiger partial charge is 0.495 e. The smallest absolute Gasteiger partial charge is 0.174 e. The molecule has 0 spiro atoms. The van der Waals surface area contributed by atoms with E-state index in [4.69, 9.17) is 14.8 Å². The van der Waals surface area contributed by atoms with Crippen LogP contribution in [0.15, 0.2) is 61.1 Å². The summed E-state index contributed by atoms with van der Waals surface area (Å²) < 4.78 is 9.80. The molecule has 1 saturated heterocycles. The average Bonchev–Trinajstić information content (AvgIpc) is 3.67. The first-order valence-electron chi connectivity index (χ1n) is 13.3. The van der Waals surface area contributed by atoms with Crippen LogP contribution in [0.2, 0.25) is 0 Å². The van der Waals surface area contributed by atoms with Crippen LogP contribution in [0.4, 0.5) is 0 Å². The molecule has 7 nitrogen and oxygen atoms in total. The number of imidazole rings is 1. The van der Waals surface area contributed by atoms with Crippen molar-refractivity contribution in [1.82, 2.24) is 29.2 Å². The van der Waals surface area contributed by atoms with Crippen LogP contribution in [0.5, 0.6) is 5.75 Å². The number of benzene rings is 2. The highest BCUT2D eigenvalue weighted by atomic mass is 16.5. The Hall–Kier alpha value is -3.71. The standard InChI is InChI=1S/C30H34N6O/c1-22-19-35(21-31-22)27-14-12-23(18-28(27)37-2)13-15-29-32-30-25(10-6-17-36(30)33-29)26-11-7-16-34(26)20-24-8-4-3-5-9-24/h3-5,8-9,12-15,18-19,21,25-26H,6-7,10-11,16-17,20H2,1-2H3. The van der Waals surface area contributed by atoms with E-state index in [9.17, 15) is 0 Å². The lowest BCUT2D eigenvalue weighted by Crippen LogP contribution is -2.37. The molecule has 2 aromatic heterocycles. The molecule has 7 heteroatoms. The molecule has 0 amide bonds. The SMILES string of the molecule is COc1cc(C=Cc2nc3n(n2)CCCC3C2CCCN2Cc2ccccc2)ccc1-n1cnc(C)c1. The average molecular weight is 495 g/mol. The minimum atomic E-state index is 0.438. The van der Waals surface area contributed by atoms with Crippen LogP contribution >= 0.6 is 0 Å². The number of aromatic nitrogens is 5. The van der Waals surface area contributed by atoms with Gasteiger partial charge in [0.15, 0.2) is 5.82 Å². The summed E-state index contributed by atoms with van der Waals surface area (Å²) >= 11 is 0. The molecule has 4 aromatic rings. The summed E-state index contributed by atoms with van der Waals surface area (Å²) in [5, 5.41) is 4.86. The third-order valence-electron chi connectivity index (χ3n) is 7.66. The van der Waals surface area contributed by atoms with Crippen LogP contribution in [0.25, 0.3) is 17.8 Å². The third kappa shape index (κ3) is 4.96. The number of methoxy groups -OCH3 is 1. The van der Waals surface area contributed by atoms with Gasteiger partial charge in [0.2, 0.25) is 0 Å². The number of ether oxygens (including phenoxy) is 1. The van der Waals surface area contributed by atoms with E-state index in [2.05, 4.69) is 63.1 Å². The molecule has 0 aliphatic carbocycles. The second kappa shape index (κ2) is 10.3. The molecule has 0 N–H and O–H groups in total. The summed E-state index contributed by atoms with van der Waals surface area (Å²) in [5.74, 6) is 3.17. The van der Waals surface area contributed by atoms with E-state index in [1.807, 2.05) is 36.2 Å². The summed E-state index contributed by atoms with van der Waals surface area (Å²) in [6.07, 6.45) is 12.7. The summed E-state index contributed by atoms with van der Waals surface area (Å²) in [6, 6.07) is 17.6. The normalized spacial score (nSPS) is 19.9. The highest BCUT2D eigenvalue weighted by Crippen LogP contribution is 2.37. The van der Waals surface area contributed by atoms with E-state index in [-0.39, 0.29) is 0 Å². The zero-order valence-corrected chi connectivity index (χ0v) is 21.6. The number of hydrogen-bond acceptors (Lipinski definition) is 5. The molecule has 0 radical (unpaired) electrons. The summed E-state index contributed by atoms with van der Waals surface area (Å²) in [7, 11) is 1.70. The van der Waals surface area contributed by atoms with Crippen LogP contribution < -0.4 is 4.74 Å². The Bertz CT molecular complexity index is 1390. The molecular weight excluding hydrogens is 460 g/mol. The van der Waals surface area contributed by atoms with Crippen molar-refractivity contribution in [2.75, 3.05) is 13.7 Å². The molecule has 4 heterocycles. The molecule has 0 bridgehead atoms. The van der Waals surface area contributed by atoms with Crippen LogP contribution in [0, 0.1) is 6.92 Å². The Kier molecular flexibility index (Phi) is 6.62. The monoisotopic (exact) mass is 494 g/mol. The fourth-order valence-corrected chi connectivity index (χ4v) is 5.89. The van der Waals surface area contributed by atoms with Crippen molar-refractivity contribution in [3.8, 4) is 11.4 Å². The lowest BCUT2D eigenvalue weighted by atomic mass is 9.89. The van der Waals surface area contributed by atoms with E-state index < -0.39 is 0 Å². The van der Waals surface area contributed by atoms with E-state index in [1.165, 1.54) is 24.8 Å². The van der Waals surface area contributed by atoms with E-state index >= 15 is 0 Å². The zero-order valence-electron chi connectivity index (χ0n) is 21.6. The van der Waals surface area contributed by atoms with Gasteiger partial charge in [0, 0.05) is 31.2 Å². The number of rotatable bonds is 7. The van der Waals surface area contributed by atoms with Gasteiger partial charge in [0.25, 0.3) is 0 Å². The maximum Gasteiger partial charge on any atom is 0.174 e. The van der Waals surface area contributed by atoms with Gasteiger partial charge in [-0.1, -0.05) is 42.5 Å². The van der Waals surface area contributed by atoms with Crippen molar-refractivity contribution >= 4 is 12.2 Å². The van der Waals surface area contributed by atoms with E-state index in [1.54, 1.807) is 7.11 Å². The van der Waals surface area contributed by atoms with Crippen molar-refractivity contribution in [2.45, 2.75) is 57.7 Å². The molecule has 2 aromatic carbocycles. The molecule has 6 rings (SSSR count). The Morgan fingerprint density at radius 2 is 1.89 bits per heavy atom. The molecule has 190 valence electrons. The highest BCUT2D eigenvalue weighted by Gasteiger charge is 2.37. The van der Waals surface area contributed by atoms with Crippen LogP contribution in [0.3, 0.4) is 0 Å². The first-order valence-corrected chi connectivity index (χ1v) is 13.3. The van der Waals surface area contributed by atoms with Gasteiger partial charge in [-0.2, -0.15) is 5.10 Å². The zero-order chi connectivity index (χ0) is 25.2. The van der Waals surface area contributed by atoms with Crippen LogP contribution in [0.1, 0.15) is 60.1 Å². The molecule has 0 saturated carbocycles. The van der Waals surface area contributed by atoms with Gasteiger partial charge >= 0.3 is 0 Å². The predicted molar refractivity (Wildman–Crippen MR) is 146 cm³/mol. The molecule has 1 fully saturated rings. The number of likely N-dealkylation sites (tertiary alicyclic amines) is 1. The van der Waals surface area contributed by atoms with Gasteiger partial charge < -0.3 is 9.30 Å². The quantitative estimate of drug-likeness (QED) is 0.340. The van der Waals surface area contributed by atoms with Crippen molar-refractivity contribution in [3.63, 3.8) is 0 Å². The molecule has 2 aliphatic heterocycles. The first kappa shape index (κ1) is 23.7. The maximum absolute atomic E-state index is 5.67. The Morgan fingerprint density at radius 1 is 1.03 bits per heavy atom. The summed E-state index contributed by atoms with van der Waals surface area (Å²) in [6.45, 7) is 5.10. The predicted octanol–water partition coefficient (Wildman–Crippen LogP) is 5.49. The number of hydrogen-bond donors (Lipinski definition) is 0. The maximum atomic E-state index is 5.67. The van der Waals surface area contributed by atoms with Gasteiger partial charge in [-0.25, -0.2) is 14.6 Å². The lowest BCUT2D eigenvalue weighted by Gasteiger charge is -2.33. The lowest BCUT2D eigenvalue weighted by molar-refractivity contribution is 0.191. The molecule has 2 atom stereocenters. The minimum Gasteiger partial charge on any atom is -0.495 e. The molecule has 37 heavy (non-hydrogen) atoms. The van der Waals surface area contributed by atoms with Gasteiger partial charge in [0.1, 0.15) is 11.6 Å². The van der Waals surface area contributed by atoms with Gasteiger partial charge in [0.05, 0.1) is 24.8 Å². The topological polar surface area (TPSA) is 61.0 Å². The molecule has 2 unspecified atom stereocenters. The van der Waals surface area contributed by atoms with E-state index in [0.29, 0.717) is 12.0 Å². The second-order valence-electron chi connectivity index (χ2n) is 10.2. The van der Waals surface area contributed by atoms with Crippen molar-refractivity contribution in [2.24, 2.45) is 0 Å². The van der Waals surface area contributed by atoms with Gasteiger partial charge in [-0.3, -0.25) is 4.90 Å². The minimum absolute atomic E-state index is 0.438. The summed E-state index contributed by atoms with van der Waals surface area (Å²) in [4.78, 5) is 12.0. The van der Waals surface area contributed by atoms with Gasteiger partial charge in [-0.05, 0) is 68.5 Å². The summed E-state index contributed by atoms with van der Waals surface area (Å²) in [5.41, 5.74) is 4.38. The fourth-order valence-electron chi connectivity index (χ4n) is 5.89. The van der Waals surface area contributed by atoms with Crippen molar-refractivity contribution in [3.05, 3.63) is 89.5 Å². The third-order valence-corrected chi connectivity index (χ3v) is 7.66. The van der Waals surface area contributed by atoms with Crippen LogP contribution in [-0.2, 0) is 13.1 Å². The Labute approximate surface area is 218 Å². The number of nitrogens with zero attached hydrogens (tertiary/aromatic N) is 6.